The van der Waals surface area contributed by atoms with Crippen LogP contribution in [0.4, 0.5) is 0 Å². The van der Waals surface area contributed by atoms with Crippen molar-refractivity contribution in [1.82, 2.24) is 20.4 Å². The Bertz CT molecular complexity index is 592. The summed E-state index contributed by atoms with van der Waals surface area (Å²) in [5.41, 5.74) is 1.37. The van der Waals surface area contributed by atoms with Crippen molar-refractivity contribution < 1.29 is 9.59 Å². The van der Waals surface area contributed by atoms with Crippen LogP contribution in [0, 0.1) is 0 Å². The van der Waals surface area contributed by atoms with Crippen molar-refractivity contribution in [3.05, 3.63) is 17.5 Å². The fraction of sp³-hybridized carbons (Fsp3) is 0.688. The van der Waals surface area contributed by atoms with Gasteiger partial charge in [0.2, 0.25) is 5.91 Å². The molecule has 1 heterocycles. The van der Waals surface area contributed by atoms with Crippen LogP contribution in [0.25, 0.3) is 0 Å². The molecule has 120 valence electrons. The number of rotatable bonds is 5. The van der Waals surface area contributed by atoms with Gasteiger partial charge < -0.3 is 10.6 Å². The van der Waals surface area contributed by atoms with E-state index in [-0.39, 0.29) is 23.9 Å². The highest BCUT2D eigenvalue weighted by atomic mass is 16.2. The maximum atomic E-state index is 12.2. The zero-order valence-electron chi connectivity index (χ0n) is 13.5. The zero-order chi connectivity index (χ0) is 15.9. The number of nitrogens with one attached hydrogen (secondary N) is 2. The Balaban J connectivity index is 1.65. The fourth-order valence-corrected chi connectivity index (χ4v) is 2.47. The summed E-state index contributed by atoms with van der Waals surface area (Å²) in [5.74, 6) is 0.107. The van der Waals surface area contributed by atoms with Gasteiger partial charge in [-0.05, 0) is 52.5 Å². The lowest BCUT2D eigenvalue weighted by molar-refractivity contribution is -0.120. The van der Waals surface area contributed by atoms with Gasteiger partial charge in [-0.25, -0.2) is 0 Å². The van der Waals surface area contributed by atoms with E-state index in [1.807, 2.05) is 10.7 Å². The highest BCUT2D eigenvalue weighted by molar-refractivity contribution is 5.95. The molecule has 0 spiro atoms. The summed E-state index contributed by atoms with van der Waals surface area (Å²) in [6.45, 7) is 6.25. The van der Waals surface area contributed by atoms with E-state index in [2.05, 4.69) is 36.5 Å². The van der Waals surface area contributed by atoms with Crippen molar-refractivity contribution in [3.8, 4) is 0 Å². The van der Waals surface area contributed by atoms with Crippen LogP contribution in [0.3, 0.4) is 0 Å². The first kappa shape index (κ1) is 15.1. The van der Waals surface area contributed by atoms with Crippen LogP contribution >= 0.6 is 0 Å². The molecule has 0 aliphatic heterocycles. The number of hydrogen-bond donors (Lipinski definition) is 2. The molecular formula is C16H24N4O2. The van der Waals surface area contributed by atoms with E-state index < -0.39 is 0 Å². The van der Waals surface area contributed by atoms with Gasteiger partial charge in [0.25, 0.3) is 5.91 Å². The Morgan fingerprint density at radius 3 is 2.50 bits per heavy atom. The monoisotopic (exact) mass is 304 g/mol. The van der Waals surface area contributed by atoms with E-state index in [0.29, 0.717) is 17.7 Å². The summed E-state index contributed by atoms with van der Waals surface area (Å²) in [5, 5.41) is 9.97. The molecule has 2 aliphatic rings. The molecule has 0 aromatic carbocycles. The Labute approximate surface area is 130 Å². The second-order valence-electron chi connectivity index (χ2n) is 7.34. The molecule has 0 bridgehead atoms. The molecule has 2 N–H and O–H groups in total. The van der Waals surface area contributed by atoms with E-state index in [1.54, 1.807) is 0 Å². The summed E-state index contributed by atoms with van der Waals surface area (Å²) in [6.07, 6.45) is 4.40. The molecule has 0 unspecified atom stereocenters. The third kappa shape index (κ3) is 3.48. The predicted molar refractivity (Wildman–Crippen MR) is 82.7 cm³/mol. The van der Waals surface area contributed by atoms with Gasteiger partial charge in [0.05, 0.1) is 12.1 Å². The molecule has 2 amide bonds. The maximum absolute atomic E-state index is 12.2. The third-order valence-corrected chi connectivity index (χ3v) is 3.95. The van der Waals surface area contributed by atoms with Crippen molar-refractivity contribution >= 4 is 11.8 Å². The van der Waals surface area contributed by atoms with Crippen LogP contribution < -0.4 is 10.6 Å². The summed E-state index contributed by atoms with van der Waals surface area (Å²) >= 11 is 0. The van der Waals surface area contributed by atoms with Crippen molar-refractivity contribution in [3.63, 3.8) is 0 Å². The molecule has 3 rings (SSSR count). The summed E-state index contributed by atoms with van der Waals surface area (Å²) in [7, 11) is 0. The van der Waals surface area contributed by atoms with Crippen LogP contribution in [0.5, 0.6) is 0 Å². The largest absolute Gasteiger partial charge is 0.352 e. The number of amides is 2. The minimum atomic E-state index is -0.282. The smallest absolute Gasteiger partial charge is 0.272 e. The Kier molecular flexibility index (Phi) is 3.70. The molecule has 0 atom stereocenters. The second kappa shape index (κ2) is 5.41. The highest BCUT2D eigenvalue weighted by Gasteiger charge is 2.32. The fourth-order valence-electron chi connectivity index (χ4n) is 2.47. The molecular weight excluding hydrogens is 280 g/mol. The summed E-state index contributed by atoms with van der Waals surface area (Å²) < 4.78 is 1.95. The molecule has 6 nitrogen and oxygen atoms in total. The van der Waals surface area contributed by atoms with Crippen molar-refractivity contribution in [1.29, 1.82) is 0 Å². The first-order chi connectivity index (χ1) is 10.3. The minimum Gasteiger partial charge on any atom is -0.352 e. The summed E-state index contributed by atoms with van der Waals surface area (Å²) in [4.78, 5) is 23.8. The van der Waals surface area contributed by atoms with E-state index in [1.165, 1.54) is 0 Å². The first-order valence-electron chi connectivity index (χ1n) is 8.02. The number of carbonyl (C=O) groups is 2. The third-order valence-electron chi connectivity index (χ3n) is 3.95. The molecule has 1 aromatic rings. The summed E-state index contributed by atoms with van der Waals surface area (Å²) in [6, 6.07) is 2.18. The zero-order valence-corrected chi connectivity index (χ0v) is 13.5. The highest BCUT2D eigenvalue weighted by Crippen LogP contribution is 2.41. The lowest BCUT2D eigenvalue weighted by Crippen LogP contribution is -2.38. The molecule has 0 radical (unpaired) electrons. The number of aromatic nitrogens is 2. The molecule has 0 saturated heterocycles. The Hall–Kier alpha value is -1.85. The molecule has 6 heteroatoms. The Morgan fingerprint density at radius 2 is 1.95 bits per heavy atom. The molecule has 2 saturated carbocycles. The predicted octanol–water partition coefficient (Wildman–Crippen LogP) is 1.52. The van der Waals surface area contributed by atoms with Gasteiger partial charge in [0.15, 0.2) is 0 Å². The minimum absolute atomic E-state index is 0.0104. The van der Waals surface area contributed by atoms with Gasteiger partial charge in [0.1, 0.15) is 5.69 Å². The SMILES string of the molecule is CC(C)(C)n1nc(C(=O)NCC(=O)NC2CC2)cc1C1CC1. The first-order valence-corrected chi connectivity index (χ1v) is 8.02. The second-order valence-corrected chi connectivity index (χ2v) is 7.34. The van der Waals surface area contributed by atoms with Crippen molar-refractivity contribution in [2.45, 2.75) is 64.0 Å². The topological polar surface area (TPSA) is 76.0 Å². The molecule has 2 aliphatic carbocycles. The van der Waals surface area contributed by atoms with Crippen LogP contribution in [0.15, 0.2) is 6.07 Å². The van der Waals surface area contributed by atoms with E-state index in [4.69, 9.17) is 0 Å². The Morgan fingerprint density at radius 1 is 1.27 bits per heavy atom. The molecule has 1 aromatic heterocycles. The van der Waals surface area contributed by atoms with Gasteiger partial charge >= 0.3 is 0 Å². The standard InChI is InChI=1S/C16H24N4O2/c1-16(2,3)20-13(10-4-5-10)8-12(19-20)15(22)17-9-14(21)18-11-6-7-11/h8,10-11H,4-7,9H2,1-3H3,(H,17,22)(H,18,21). The van der Waals surface area contributed by atoms with E-state index >= 15 is 0 Å². The molecule has 22 heavy (non-hydrogen) atoms. The lowest BCUT2D eigenvalue weighted by atomic mass is 10.1. The van der Waals surface area contributed by atoms with Gasteiger partial charge in [-0.15, -0.1) is 0 Å². The molecule has 2 fully saturated rings. The average Bonchev–Trinajstić information content (AvgIpc) is 3.35. The van der Waals surface area contributed by atoms with Crippen molar-refractivity contribution in [2.24, 2.45) is 0 Å². The van der Waals surface area contributed by atoms with Crippen LogP contribution in [-0.2, 0) is 10.3 Å². The normalized spacial score (nSPS) is 18.1. The quantitative estimate of drug-likeness (QED) is 0.866. The van der Waals surface area contributed by atoms with Crippen LogP contribution in [-0.4, -0.2) is 34.2 Å². The van der Waals surface area contributed by atoms with Gasteiger partial charge in [-0.2, -0.15) is 5.10 Å². The van der Waals surface area contributed by atoms with Gasteiger partial charge in [-0.3, -0.25) is 14.3 Å². The van der Waals surface area contributed by atoms with Crippen LogP contribution in [0.2, 0.25) is 0 Å². The van der Waals surface area contributed by atoms with E-state index in [0.717, 1.165) is 31.4 Å². The number of nitrogens with zero attached hydrogens (tertiary/aromatic N) is 2. The average molecular weight is 304 g/mol. The maximum Gasteiger partial charge on any atom is 0.272 e. The van der Waals surface area contributed by atoms with E-state index in [9.17, 15) is 9.59 Å². The lowest BCUT2D eigenvalue weighted by Gasteiger charge is -2.22. The van der Waals surface area contributed by atoms with Gasteiger partial charge in [0, 0.05) is 17.7 Å². The van der Waals surface area contributed by atoms with Crippen LogP contribution in [0.1, 0.15) is 68.6 Å². The number of hydrogen-bond acceptors (Lipinski definition) is 3. The van der Waals surface area contributed by atoms with Crippen molar-refractivity contribution in [2.75, 3.05) is 6.54 Å². The van der Waals surface area contributed by atoms with Gasteiger partial charge in [-0.1, -0.05) is 0 Å². The number of carbonyl (C=O) groups excluding carboxylic acids is 2.